The van der Waals surface area contributed by atoms with Crippen molar-refractivity contribution in [1.82, 2.24) is 25.1 Å². The molecule has 1 fully saturated rings. The average molecular weight is 378 g/mol. The fourth-order valence-electron chi connectivity index (χ4n) is 5.03. The molecule has 0 amide bonds. The van der Waals surface area contributed by atoms with Crippen LogP contribution in [0.15, 0.2) is 12.3 Å². The van der Waals surface area contributed by atoms with Crippen LogP contribution in [0.1, 0.15) is 86.4 Å². The normalized spacial score (nSPS) is 28.1. The van der Waals surface area contributed by atoms with Gasteiger partial charge >= 0.3 is 0 Å². The van der Waals surface area contributed by atoms with E-state index in [1.54, 1.807) is 0 Å². The SMILES string of the molecule is CC1(C)C=C(c2cn(C3CC(C)(C)N(O)C(C)(C)C3)nn2)CC(C)(C)N1O. The monoisotopic (exact) mass is 377 g/mol. The van der Waals surface area contributed by atoms with Gasteiger partial charge in [-0.2, -0.15) is 10.1 Å². The van der Waals surface area contributed by atoms with Crippen LogP contribution in [-0.2, 0) is 0 Å². The van der Waals surface area contributed by atoms with Crippen molar-refractivity contribution in [2.75, 3.05) is 0 Å². The summed E-state index contributed by atoms with van der Waals surface area (Å²) in [6, 6.07) is 0.180. The Morgan fingerprint density at radius 1 is 0.889 bits per heavy atom. The van der Waals surface area contributed by atoms with Crippen LogP contribution in [0.3, 0.4) is 0 Å². The lowest BCUT2D eigenvalue weighted by molar-refractivity contribution is -0.249. The first-order valence-electron chi connectivity index (χ1n) is 9.78. The maximum atomic E-state index is 10.5. The van der Waals surface area contributed by atoms with E-state index in [0.717, 1.165) is 24.1 Å². The van der Waals surface area contributed by atoms with Gasteiger partial charge in [-0.3, -0.25) is 0 Å². The smallest absolute Gasteiger partial charge is 0.108 e. The Bertz CT molecular complexity index is 729. The third-order valence-corrected chi connectivity index (χ3v) is 6.10. The van der Waals surface area contributed by atoms with Crippen LogP contribution < -0.4 is 0 Å². The molecule has 7 heteroatoms. The van der Waals surface area contributed by atoms with Crippen LogP contribution in [0.25, 0.3) is 5.57 Å². The molecule has 3 rings (SSSR count). The number of hydrogen-bond acceptors (Lipinski definition) is 6. The van der Waals surface area contributed by atoms with Crippen LogP contribution in [0.5, 0.6) is 0 Å². The van der Waals surface area contributed by atoms with Crippen molar-refractivity contribution in [1.29, 1.82) is 0 Å². The van der Waals surface area contributed by atoms with Gasteiger partial charge in [0.1, 0.15) is 5.69 Å². The highest BCUT2D eigenvalue weighted by atomic mass is 16.5. The van der Waals surface area contributed by atoms with Gasteiger partial charge in [0.2, 0.25) is 0 Å². The predicted octanol–water partition coefficient (Wildman–Crippen LogP) is 3.90. The van der Waals surface area contributed by atoms with Gasteiger partial charge in [-0.1, -0.05) is 11.3 Å². The average Bonchev–Trinajstić information content (AvgIpc) is 2.99. The van der Waals surface area contributed by atoms with E-state index in [4.69, 9.17) is 0 Å². The minimum Gasteiger partial charge on any atom is -0.313 e. The van der Waals surface area contributed by atoms with E-state index in [-0.39, 0.29) is 22.7 Å². The van der Waals surface area contributed by atoms with Gasteiger partial charge in [0, 0.05) is 16.6 Å². The van der Waals surface area contributed by atoms with E-state index in [1.807, 2.05) is 38.6 Å². The highest BCUT2D eigenvalue weighted by Crippen LogP contribution is 2.43. The molecule has 2 aliphatic rings. The third kappa shape index (κ3) is 3.58. The Morgan fingerprint density at radius 2 is 1.44 bits per heavy atom. The quantitative estimate of drug-likeness (QED) is 0.814. The van der Waals surface area contributed by atoms with Crippen molar-refractivity contribution < 1.29 is 10.4 Å². The topological polar surface area (TPSA) is 77.7 Å². The summed E-state index contributed by atoms with van der Waals surface area (Å²) < 4.78 is 1.96. The van der Waals surface area contributed by atoms with Gasteiger partial charge in [-0.05, 0) is 80.2 Å². The first-order valence-corrected chi connectivity index (χ1v) is 9.78. The molecule has 0 radical (unpaired) electrons. The Balaban J connectivity index is 1.90. The fraction of sp³-hybridized carbons (Fsp3) is 0.800. The van der Waals surface area contributed by atoms with Gasteiger partial charge in [-0.25, -0.2) is 4.68 Å². The summed E-state index contributed by atoms with van der Waals surface area (Å²) in [6.07, 6.45) is 6.41. The van der Waals surface area contributed by atoms with Crippen molar-refractivity contribution in [3.8, 4) is 0 Å². The minimum atomic E-state index is -0.465. The Kier molecular flexibility index (Phi) is 4.63. The molecule has 0 spiro atoms. The van der Waals surface area contributed by atoms with E-state index in [0.29, 0.717) is 6.42 Å². The Hall–Kier alpha value is -1.28. The highest BCUT2D eigenvalue weighted by molar-refractivity contribution is 5.65. The van der Waals surface area contributed by atoms with Crippen LogP contribution in [0, 0.1) is 0 Å². The molecular weight excluding hydrogens is 342 g/mol. The van der Waals surface area contributed by atoms with Gasteiger partial charge in [0.25, 0.3) is 0 Å². The van der Waals surface area contributed by atoms with E-state index >= 15 is 0 Å². The van der Waals surface area contributed by atoms with E-state index < -0.39 is 5.54 Å². The summed E-state index contributed by atoms with van der Waals surface area (Å²) in [5, 5.41) is 32.8. The summed E-state index contributed by atoms with van der Waals surface area (Å²) in [7, 11) is 0. The summed E-state index contributed by atoms with van der Waals surface area (Å²) in [5.74, 6) is 0. The van der Waals surface area contributed by atoms with Crippen molar-refractivity contribution in [2.24, 2.45) is 0 Å². The Labute approximate surface area is 162 Å². The van der Waals surface area contributed by atoms with E-state index in [9.17, 15) is 10.4 Å². The van der Waals surface area contributed by atoms with Crippen molar-refractivity contribution in [2.45, 2.75) is 103 Å². The number of aromatic nitrogens is 3. The van der Waals surface area contributed by atoms with E-state index in [2.05, 4.69) is 44.1 Å². The molecule has 0 aromatic carbocycles. The molecule has 2 N–H and O–H groups in total. The molecule has 0 unspecified atom stereocenters. The number of piperidine rings is 1. The first-order chi connectivity index (χ1) is 12.2. The summed E-state index contributed by atoms with van der Waals surface area (Å²) >= 11 is 0. The molecule has 1 aromatic rings. The zero-order valence-electron chi connectivity index (χ0n) is 18.0. The van der Waals surface area contributed by atoms with Gasteiger partial charge in [0.15, 0.2) is 0 Å². The third-order valence-electron chi connectivity index (χ3n) is 6.10. The zero-order chi connectivity index (χ0) is 20.4. The largest absolute Gasteiger partial charge is 0.313 e. The molecule has 0 saturated carbocycles. The molecule has 152 valence electrons. The fourth-order valence-corrected chi connectivity index (χ4v) is 5.03. The molecule has 3 heterocycles. The first kappa shape index (κ1) is 20.5. The molecule has 7 nitrogen and oxygen atoms in total. The molecule has 0 aliphatic carbocycles. The van der Waals surface area contributed by atoms with Crippen molar-refractivity contribution in [3.05, 3.63) is 18.0 Å². The zero-order valence-corrected chi connectivity index (χ0v) is 18.0. The maximum absolute atomic E-state index is 10.5. The number of hydroxylamine groups is 4. The number of nitrogens with zero attached hydrogens (tertiary/aromatic N) is 5. The van der Waals surface area contributed by atoms with Crippen LogP contribution in [0.2, 0.25) is 0 Å². The van der Waals surface area contributed by atoms with Gasteiger partial charge < -0.3 is 10.4 Å². The Morgan fingerprint density at radius 3 is 1.96 bits per heavy atom. The van der Waals surface area contributed by atoms with Gasteiger partial charge in [0.05, 0.1) is 17.8 Å². The summed E-state index contributed by atoms with van der Waals surface area (Å²) in [5.41, 5.74) is 0.482. The standard InChI is InChI=1S/C20H35N5O2/c1-17(2)9-14(10-18(3,4)24(17)26)16-13-23(22-21-16)15-11-19(5,6)25(27)20(7,8)12-15/h9,13,15,26-27H,10-12H2,1-8H3. The molecule has 0 bridgehead atoms. The predicted molar refractivity (Wildman–Crippen MR) is 104 cm³/mol. The summed E-state index contributed by atoms with van der Waals surface area (Å²) in [6.45, 7) is 16.3. The van der Waals surface area contributed by atoms with Crippen LogP contribution in [0.4, 0.5) is 0 Å². The summed E-state index contributed by atoms with van der Waals surface area (Å²) in [4.78, 5) is 0. The minimum absolute atomic E-state index is 0.180. The lowest BCUT2D eigenvalue weighted by Crippen LogP contribution is -2.59. The molecular formula is C20H35N5O2. The second kappa shape index (κ2) is 6.11. The lowest BCUT2D eigenvalue weighted by Gasteiger charge is -2.51. The number of hydrogen-bond donors (Lipinski definition) is 2. The van der Waals surface area contributed by atoms with Crippen molar-refractivity contribution >= 4 is 5.57 Å². The molecule has 1 aromatic heterocycles. The maximum Gasteiger partial charge on any atom is 0.108 e. The second-order valence-electron chi connectivity index (χ2n) is 10.7. The lowest BCUT2D eigenvalue weighted by atomic mass is 9.79. The van der Waals surface area contributed by atoms with Crippen LogP contribution >= 0.6 is 0 Å². The van der Waals surface area contributed by atoms with Crippen LogP contribution in [-0.4, -0.2) is 57.7 Å². The van der Waals surface area contributed by atoms with E-state index in [1.165, 1.54) is 10.1 Å². The highest BCUT2D eigenvalue weighted by Gasteiger charge is 2.46. The number of rotatable bonds is 2. The second-order valence-corrected chi connectivity index (χ2v) is 10.7. The van der Waals surface area contributed by atoms with Crippen molar-refractivity contribution in [3.63, 3.8) is 0 Å². The molecule has 0 atom stereocenters. The molecule has 1 saturated heterocycles. The molecule has 2 aliphatic heterocycles. The van der Waals surface area contributed by atoms with Gasteiger partial charge in [-0.15, -0.1) is 5.10 Å². The molecule has 27 heavy (non-hydrogen) atoms.